The van der Waals surface area contributed by atoms with Gasteiger partial charge >= 0.3 is 0 Å². The van der Waals surface area contributed by atoms with E-state index in [0.717, 1.165) is 45.6 Å². The molecule has 0 spiro atoms. The predicted octanol–water partition coefficient (Wildman–Crippen LogP) is 1.99. The Kier molecular flexibility index (Phi) is 12.1. The first-order chi connectivity index (χ1) is 10.4. The van der Waals surface area contributed by atoms with Gasteiger partial charge in [-0.15, -0.1) is 0 Å². The van der Waals surface area contributed by atoms with E-state index in [-0.39, 0.29) is 0 Å². The van der Waals surface area contributed by atoms with E-state index in [4.69, 9.17) is 18.9 Å². The van der Waals surface area contributed by atoms with Gasteiger partial charge in [0.05, 0.1) is 39.1 Å². The summed E-state index contributed by atoms with van der Waals surface area (Å²) in [7, 11) is 0. The highest BCUT2D eigenvalue weighted by Crippen LogP contribution is 2.22. The zero-order chi connectivity index (χ0) is 15.2. The Morgan fingerprint density at radius 2 is 1.48 bits per heavy atom. The minimum atomic E-state index is 0.473. The topological polar surface area (TPSA) is 49.0 Å². The summed E-state index contributed by atoms with van der Waals surface area (Å²) in [5, 5.41) is 3.47. The maximum Gasteiger partial charge on any atom is 0.0701 e. The Bertz CT molecular complexity index is 222. The molecule has 5 heteroatoms. The summed E-state index contributed by atoms with van der Waals surface area (Å²) < 4.78 is 21.9. The monoisotopic (exact) mass is 303 g/mol. The van der Waals surface area contributed by atoms with Crippen LogP contribution in [0, 0.1) is 0 Å². The highest BCUT2D eigenvalue weighted by molar-refractivity contribution is 4.85. The van der Waals surface area contributed by atoms with Crippen LogP contribution in [0.25, 0.3) is 0 Å². The second-order valence-electron chi connectivity index (χ2n) is 5.39. The molecular formula is C16H33NO4. The third kappa shape index (κ3) is 10.2. The van der Waals surface area contributed by atoms with Crippen molar-refractivity contribution in [1.82, 2.24) is 5.32 Å². The number of rotatable bonds is 15. The lowest BCUT2D eigenvalue weighted by Crippen LogP contribution is -2.46. The molecule has 21 heavy (non-hydrogen) atoms. The van der Waals surface area contributed by atoms with Crippen molar-refractivity contribution in [3.63, 3.8) is 0 Å². The molecule has 1 saturated carbocycles. The van der Waals surface area contributed by atoms with Gasteiger partial charge in [-0.2, -0.15) is 0 Å². The van der Waals surface area contributed by atoms with Crippen LogP contribution in [0.5, 0.6) is 0 Å². The van der Waals surface area contributed by atoms with Crippen molar-refractivity contribution in [2.75, 3.05) is 52.8 Å². The lowest BCUT2D eigenvalue weighted by molar-refractivity contribution is -0.0132. The van der Waals surface area contributed by atoms with Crippen molar-refractivity contribution in [2.24, 2.45) is 0 Å². The molecule has 0 radical (unpaired) electrons. The molecule has 1 N–H and O–H groups in total. The minimum absolute atomic E-state index is 0.473. The van der Waals surface area contributed by atoms with E-state index < -0.39 is 0 Å². The van der Waals surface area contributed by atoms with E-state index in [2.05, 4.69) is 12.2 Å². The first kappa shape index (κ1) is 18.8. The maximum atomic E-state index is 5.52. The fourth-order valence-electron chi connectivity index (χ4n) is 2.23. The van der Waals surface area contributed by atoms with E-state index in [1.807, 2.05) is 6.92 Å². The Balaban J connectivity index is 1.68. The molecule has 1 fully saturated rings. The second kappa shape index (κ2) is 13.5. The normalized spacial score (nSPS) is 21.4. The van der Waals surface area contributed by atoms with Gasteiger partial charge in [-0.25, -0.2) is 0 Å². The number of hydrogen-bond acceptors (Lipinski definition) is 5. The number of ether oxygens (including phenoxy) is 4. The molecular weight excluding hydrogens is 270 g/mol. The van der Waals surface area contributed by atoms with Gasteiger partial charge in [0.2, 0.25) is 0 Å². The van der Waals surface area contributed by atoms with Crippen LogP contribution >= 0.6 is 0 Å². The van der Waals surface area contributed by atoms with Crippen LogP contribution < -0.4 is 5.32 Å². The van der Waals surface area contributed by atoms with Gasteiger partial charge in [0.1, 0.15) is 0 Å². The van der Waals surface area contributed by atoms with Crippen LogP contribution in [0.15, 0.2) is 0 Å². The summed E-state index contributed by atoms with van der Waals surface area (Å²) in [6.07, 6.45) is 5.05. The standard InChI is InChI=1S/C16H33NO4/c1-3-5-7-18-9-11-20-12-10-19-8-6-17-15-13-16(14-15)21-4-2/h15-17H,3-14H2,1-2H3. The highest BCUT2D eigenvalue weighted by atomic mass is 16.5. The van der Waals surface area contributed by atoms with E-state index in [1.54, 1.807) is 0 Å². The molecule has 126 valence electrons. The van der Waals surface area contributed by atoms with Crippen molar-refractivity contribution in [3.8, 4) is 0 Å². The van der Waals surface area contributed by atoms with Gasteiger partial charge in [0, 0.05) is 25.8 Å². The van der Waals surface area contributed by atoms with Gasteiger partial charge in [-0.05, 0) is 26.2 Å². The van der Waals surface area contributed by atoms with Crippen molar-refractivity contribution in [1.29, 1.82) is 0 Å². The molecule has 1 rings (SSSR count). The summed E-state index contributed by atoms with van der Waals surface area (Å²) in [5.74, 6) is 0. The molecule has 0 aromatic rings. The Morgan fingerprint density at radius 1 is 0.857 bits per heavy atom. The van der Waals surface area contributed by atoms with Gasteiger partial charge in [0.25, 0.3) is 0 Å². The Morgan fingerprint density at radius 3 is 2.10 bits per heavy atom. The minimum Gasteiger partial charge on any atom is -0.379 e. The van der Waals surface area contributed by atoms with Crippen molar-refractivity contribution >= 4 is 0 Å². The van der Waals surface area contributed by atoms with Crippen LogP contribution in [0.4, 0.5) is 0 Å². The Labute approximate surface area is 129 Å². The number of nitrogens with one attached hydrogen (secondary N) is 1. The van der Waals surface area contributed by atoms with E-state index in [9.17, 15) is 0 Å². The molecule has 0 saturated heterocycles. The maximum absolute atomic E-state index is 5.52. The molecule has 0 heterocycles. The number of unbranched alkanes of at least 4 members (excludes halogenated alkanes) is 1. The van der Waals surface area contributed by atoms with Gasteiger partial charge in [0.15, 0.2) is 0 Å². The van der Waals surface area contributed by atoms with Gasteiger partial charge in [-0.1, -0.05) is 13.3 Å². The average Bonchev–Trinajstić information content (AvgIpc) is 2.45. The van der Waals surface area contributed by atoms with Crippen molar-refractivity contribution in [3.05, 3.63) is 0 Å². The molecule has 0 amide bonds. The van der Waals surface area contributed by atoms with Crippen molar-refractivity contribution < 1.29 is 18.9 Å². The van der Waals surface area contributed by atoms with E-state index in [1.165, 1.54) is 6.42 Å². The molecule has 0 aromatic heterocycles. The molecule has 0 aliphatic heterocycles. The second-order valence-corrected chi connectivity index (χ2v) is 5.39. The zero-order valence-electron chi connectivity index (χ0n) is 13.8. The third-order valence-corrected chi connectivity index (χ3v) is 3.56. The lowest BCUT2D eigenvalue weighted by Gasteiger charge is -2.35. The van der Waals surface area contributed by atoms with Crippen molar-refractivity contribution in [2.45, 2.75) is 51.7 Å². The predicted molar refractivity (Wildman–Crippen MR) is 83.8 cm³/mol. The highest BCUT2D eigenvalue weighted by Gasteiger charge is 2.28. The molecule has 0 unspecified atom stereocenters. The molecule has 1 aliphatic carbocycles. The van der Waals surface area contributed by atoms with Crippen LogP contribution in [0.1, 0.15) is 39.5 Å². The Hall–Kier alpha value is -0.200. The summed E-state index contributed by atoms with van der Waals surface area (Å²) >= 11 is 0. The third-order valence-electron chi connectivity index (χ3n) is 3.56. The van der Waals surface area contributed by atoms with Crippen LogP contribution in [-0.2, 0) is 18.9 Å². The average molecular weight is 303 g/mol. The fraction of sp³-hybridized carbons (Fsp3) is 1.00. The van der Waals surface area contributed by atoms with Gasteiger partial charge < -0.3 is 24.3 Å². The molecule has 0 bridgehead atoms. The quantitative estimate of drug-likeness (QED) is 0.469. The van der Waals surface area contributed by atoms with E-state index >= 15 is 0 Å². The first-order valence-electron chi connectivity index (χ1n) is 8.45. The summed E-state index contributed by atoms with van der Waals surface area (Å²) in [6.45, 7) is 10.2. The summed E-state index contributed by atoms with van der Waals surface area (Å²) in [6, 6.07) is 0.613. The van der Waals surface area contributed by atoms with Crippen LogP contribution in [-0.4, -0.2) is 64.9 Å². The van der Waals surface area contributed by atoms with Gasteiger partial charge in [-0.3, -0.25) is 0 Å². The molecule has 0 aromatic carbocycles. The zero-order valence-corrected chi connectivity index (χ0v) is 13.8. The fourth-order valence-corrected chi connectivity index (χ4v) is 2.23. The SMILES string of the molecule is CCCCOCCOCCOCCNC1CC(OCC)C1. The largest absolute Gasteiger partial charge is 0.379 e. The molecule has 5 nitrogen and oxygen atoms in total. The van der Waals surface area contributed by atoms with Crippen LogP contribution in [0.3, 0.4) is 0 Å². The number of hydrogen-bond donors (Lipinski definition) is 1. The molecule has 0 atom stereocenters. The smallest absolute Gasteiger partial charge is 0.0701 e. The lowest BCUT2D eigenvalue weighted by atomic mass is 9.89. The molecule has 1 aliphatic rings. The summed E-state index contributed by atoms with van der Waals surface area (Å²) in [4.78, 5) is 0. The first-order valence-corrected chi connectivity index (χ1v) is 8.45. The van der Waals surface area contributed by atoms with Crippen LogP contribution in [0.2, 0.25) is 0 Å². The van der Waals surface area contributed by atoms with E-state index in [0.29, 0.717) is 38.6 Å². The summed E-state index contributed by atoms with van der Waals surface area (Å²) in [5.41, 5.74) is 0.